The van der Waals surface area contributed by atoms with Crippen LogP contribution in [0.2, 0.25) is 0 Å². The molecule has 35 heavy (non-hydrogen) atoms. The number of nitrogens with zero attached hydrogens (tertiary/aromatic N) is 4. The number of thiazole rings is 1. The molecule has 0 saturated heterocycles. The zero-order valence-electron chi connectivity index (χ0n) is 19.0. The molecule has 0 aliphatic carbocycles. The largest absolute Gasteiger partial charge is 0.317 e. The average Bonchev–Trinajstić information content (AvgIpc) is 3.21. The molecule has 0 atom stereocenters. The van der Waals surface area contributed by atoms with Gasteiger partial charge >= 0.3 is 0 Å². The maximum atomic E-state index is 13.2. The number of amides is 1. The van der Waals surface area contributed by atoms with Crippen LogP contribution in [0.3, 0.4) is 0 Å². The summed E-state index contributed by atoms with van der Waals surface area (Å²) in [5.74, 6) is -0.535. The number of non-ortho nitro benzene ring substituents is 1. The molecule has 0 fully saturated rings. The van der Waals surface area contributed by atoms with Crippen molar-refractivity contribution in [3.63, 3.8) is 0 Å². The van der Waals surface area contributed by atoms with Gasteiger partial charge in [0, 0.05) is 30.8 Å². The van der Waals surface area contributed by atoms with Crippen molar-refractivity contribution in [2.45, 2.75) is 25.3 Å². The van der Waals surface area contributed by atoms with Crippen molar-refractivity contribution < 1.29 is 18.1 Å². The van der Waals surface area contributed by atoms with Crippen molar-refractivity contribution >= 4 is 48.9 Å². The first kappa shape index (κ1) is 24.3. The molecule has 0 radical (unpaired) electrons. The number of hydrogen-bond donors (Lipinski definition) is 0. The van der Waals surface area contributed by atoms with Gasteiger partial charge in [-0.1, -0.05) is 29.5 Å². The molecule has 0 aliphatic heterocycles. The van der Waals surface area contributed by atoms with Crippen LogP contribution in [0, 0.1) is 10.1 Å². The van der Waals surface area contributed by atoms with Gasteiger partial charge in [-0.2, -0.15) is 4.99 Å². The van der Waals surface area contributed by atoms with E-state index in [9.17, 15) is 23.3 Å². The Kier molecular flexibility index (Phi) is 6.81. The first-order valence-electron chi connectivity index (χ1n) is 10.8. The van der Waals surface area contributed by atoms with Crippen LogP contribution >= 0.6 is 11.3 Å². The van der Waals surface area contributed by atoms with Crippen LogP contribution in [0.25, 0.3) is 10.2 Å². The number of benzene rings is 3. The van der Waals surface area contributed by atoms with Gasteiger partial charge in [0.15, 0.2) is 4.80 Å². The highest BCUT2D eigenvalue weighted by molar-refractivity contribution is 7.92. The number of rotatable bonds is 7. The highest BCUT2D eigenvalue weighted by Gasteiger charge is 2.23. The highest BCUT2D eigenvalue weighted by Crippen LogP contribution is 2.25. The normalized spacial score (nSPS) is 12.1. The Morgan fingerprint density at radius 1 is 1.06 bits per heavy atom. The van der Waals surface area contributed by atoms with Gasteiger partial charge in [-0.3, -0.25) is 19.2 Å². The summed E-state index contributed by atoms with van der Waals surface area (Å²) in [7, 11) is -3.81. The zero-order chi connectivity index (χ0) is 25.2. The number of carbonyl (C=O) groups excluding carboxylic acids is 1. The van der Waals surface area contributed by atoms with E-state index in [-0.39, 0.29) is 22.7 Å². The van der Waals surface area contributed by atoms with Gasteiger partial charge in [-0.05, 0) is 56.3 Å². The quantitative estimate of drug-likeness (QED) is 0.266. The van der Waals surface area contributed by atoms with Gasteiger partial charge in [-0.15, -0.1) is 0 Å². The van der Waals surface area contributed by atoms with Crippen LogP contribution in [0.5, 0.6) is 0 Å². The van der Waals surface area contributed by atoms with Gasteiger partial charge < -0.3 is 4.57 Å². The van der Waals surface area contributed by atoms with Crippen molar-refractivity contribution in [2.75, 3.05) is 10.8 Å². The van der Waals surface area contributed by atoms with E-state index in [1.807, 2.05) is 13.0 Å². The molecule has 11 heteroatoms. The highest BCUT2D eigenvalue weighted by atomic mass is 32.2. The van der Waals surface area contributed by atoms with E-state index in [0.717, 1.165) is 5.52 Å². The van der Waals surface area contributed by atoms with Crippen LogP contribution in [0.15, 0.2) is 82.7 Å². The number of carbonyl (C=O) groups is 1. The monoisotopic (exact) mass is 510 g/mol. The fourth-order valence-corrected chi connectivity index (χ4v) is 6.30. The molecule has 0 N–H and O–H groups in total. The molecule has 9 nitrogen and oxygen atoms in total. The molecule has 1 amide bonds. The maximum absolute atomic E-state index is 13.2. The van der Waals surface area contributed by atoms with E-state index in [2.05, 4.69) is 4.99 Å². The van der Waals surface area contributed by atoms with Gasteiger partial charge in [0.05, 0.1) is 25.7 Å². The molecular weight excluding hydrogens is 488 g/mol. The summed E-state index contributed by atoms with van der Waals surface area (Å²) in [6.07, 6.45) is 0. The molecule has 0 bridgehead atoms. The van der Waals surface area contributed by atoms with Gasteiger partial charge in [0.25, 0.3) is 21.6 Å². The summed E-state index contributed by atoms with van der Waals surface area (Å²) in [5, 5.41) is 11.1. The standard InChI is InChI=1S/C24H22N4O5S2/c1-3-26-21-15-12-19(28(30)31)16-22(21)34-24(26)25-23(29)17-10-13-20(14-11-17)35(32,33)27(4-2)18-8-6-5-7-9-18/h5-16H,3-4H2,1-2H3. The lowest BCUT2D eigenvalue weighted by Crippen LogP contribution is -2.30. The first-order chi connectivity index (χ1) is 16.8. The third-order valence-corrected chi connectivity index (χ3v) is 8.37. The van der Waals surface area contributed by atoms with Crippen LogP contribution in [-0.2, 0) is 16.6 Å². The van der Waals surface area contributed by atoms with E-state index in [1.54, 1.807) is 41.8 Å². The lowest BCUT2D eigenvalue weighted by Gasteiger charge is -2.22. The molecule has 0 unspecified atom stereocenters. The fourth-order valence-electron chi connectivity index (χ4n) is 3.70. The predicted molar refractivity (Wildman–Crippen MR) is 135 cm³/mol. The van der Waals surface area contributed by atoms with Gasteiger partial charge in [0.2, 0.25) is 0 Å². The number of aromatic nitrogens is 1. The number of nitro benzene ring substituents is 1. The fraction of sp³-hybridized carbons (Fsp3) is 0.167. The second kappa shape index (κ2) is 9.80. The number of hydrogen-bond acceptors (Lipinski definition) is 6. The summed E-state index contributed by atoms with van der Waals surface area (Å²) >= 11 is 1.18. The van der Waals surface area contributed by atoms with E-state index >= 15 is 0 Å². The Hall–Kier alpha value is -3.83. The minimum Gasteiger partial charge on any atom is -0.317 e. The molecule has 3 aromatic carbocycles. The molecule has 180 valence electrons. The third-order valence-electron chi connectivity index (χ3n) is 5.41. The second-order valence-electron chi connectivity index (χ2n) is 7.48. The molecule has 0 spiro atoms. The molecule has 1 heterocycles. The maximum Gasteiger partial charge on any atom is 0.279 e. The number of aryl methyl sites for hydroxylation is 1. The van der Waals surface area contributed by atoms with Gasteiger partial charge in [-0.25, -0.2) is 8.42 Å². The van der Waals surface area contributed by atoms with Crippen LogP contribution in [0.4, 0.5) is 11.4 Å². The van der Waals surface area contributed by atoms with Crippen molar-refractivity contribution in [1.82, 2.24) is 4.57 Å². The topological polar surface area (TPSA) is 115 Å². The summed E-state index contributed by atoms with van der Waals surface area (Å²) in [5.41, 5.74) is 1.50. The van der Waals surface area contributed by atoms with Crippen molar-refractivity contribution in [3.05, 3.63) is 93.3 Å². The second-order valence-corrected chi connectivity index (χ2v) is 10.4. The lowest BCUT2D eigenvalue weighted by molar-refractivity contribution is -0.384. The Morgan fingerprint density at radius 3 is 2.34 bits per heavy atom. The summed E-state index contributed by atoms with van der Waals surface area (Å²) in [6.45, 7) is 4.42. The van der Waals surface area contributed by atoms with E-state index in [4.69, 9.17) is 0 Å². The number of para-hydroxylation sites is 1. The lowest BCUT2D eigenvalue weighted by atomic mass is 10.2. The van der Waals surface area contributed by atoms with Crippen LogP contribution in [0.1, 0.15) is 24.2 Å². The van der Waals surface area contributed by atoms with Crippen molar-refractivity contribution in [2.24, 2.45) is 4.99 Å². The molecule has 4 rings (SSSR count). The van der Waals surface area contributed by atoms with Crippen molar-refractivity contribution in [3.8, 4) is 0 Å². The van der Waals surface area contributed by atoms with Gasteiger partial charge in [0.1, 0.15) is 0 Å². The minimum absolute atomic E-state index is 0.0340. The van der Waals surface area contributed by atoms with E-state index in [1.165, 1.54) is 52.0 Å². The Labute approximate surface area is 205 Å². The van der Waals surface area contributed by atoms with Crippen LogP contribution in [-0.4, -0.2) is 30.4 Å². The van der Waals surface area contributed by atoms with Crippen molar-refractivity contribution in [1.29, 1.82) is 0 Å². The Bertz CT molecular complexity index is 1570. The number of anilines is 1. The number of fused-ring (bicyclic) bond motifs is 1. The first-order valence-corrected chi connectivity index (χ1v) is 13.1. The summed E-state index contributed by atoms with van der Waals surface area (Å²) < 4.78 is 30.1. The van der Waals surface area contributed by atoms with E-state index in [0.29, 0.717) is 21.7 Å². The molecule has 0 aliphatic rings. The smallest absolute Gasteiger partial charge is 0.279 e. The third kappa shape index (κ3) is 4.73. The zero-order valence-corrected chi connectivity index (χ0v) is 20.6. The minimum atomic E-state index is -3.81. The SMILES string of the molecule is CCN(c1ccccc1)S(=O)(=O)c1ccc(C(=O)N=c2sc3cc([N+](=O)[O-])ccc3n2CC)cc1. The molecule has 4 aromatic rings. The van der Waals surface area contributed by atoms with E-state index < -0.39 is 20.9 Å². The predicted octanol–water partition coefficient (Wildman–Crippen LogP) is 4.59. The molecular formula is C24H22N4O5S2. The molecule has 0 saturated carbocycles. The Balaban J connectivity index is 1.67. The summed E-state index contributed by atoms with van der Waals surface area (Å²) in [6, 6.07) is 19.0. The average molecular weight is 511 g/mol. The summed E-state index contributed by atoms with van der Waals surface area (Å²) in [4.78, 5) is 28.2. The van der Waals surface area contributed by atoms with Crippen LogP contribution < -0.4 is 9.11 Å². The number of nitro groups is 1. The Morgan fingerprint density at radius 2 is 1.74 bits per heavy atom. The molecule has 1 aromatic heterocycles. The number of sulfonamides is 1.